The van der Waals surface area contributed by atoms with E-state index >= 15 is 0 Å². The Morgan fingerprint density at radius 3 is 3.00 bits per heavy atom. The standard InChI is InChI=1S/C13H13FN2O2S/c1-2-16-6-5-15-12(16)8-19-11-7-9(13(17)18)3-4-10(11)14/h3-7H,2,8H2,1H3,(H,17,18). The quantitative estimate of drug-likeness (QED) is 0.855. The molecule has 0 fully saturated rings. The van der Waals surface area contributed by atoms with Crippen molar-refractivity contribution < 1.29 is 14.3 Å². The Bertz CT molecular complexity index is 598. The molecule has 0 unspecified atom stereocenters. The van der Waals surface area contributed by atoms with Crippen LogP contribution in [0, 0.1) is 5.82 Å². The zero-order chi connectivity index (χ0) is 13.8. The number of aromatic nitrogens is 2. The molecule has 0 saturated carbocycles. The van der Waals surface area contributed by atoms with E-state index in [2.05, 4.69) is 4.98 Å². The van der Waals surface area contributed by atoms with Gasteiger partial charge in [0.05, 0.1) is 11.3 Å². The fraction of sp³-hybridized carbons (Fsp3) is 0.231. The van der Waals surface area contributed by atoms with Crippen LogP contribution in [0.3, 0.4) is 0 Å². The molecule has 0 amide bonds. The van der Waals surface area contributed by atoms with E-state index in [1.807, 2.05) is 17.7 Å². The second kappa shape index (κ2) is 5.88. The summed E-state index contributed by atoms with van der Waals surface area (Å²) in [5.41, 5.74) is 0.0859. The number of carboxylic acids is 1. The SMILES string of the molecule is CCn1ccnc1CSc1cc(C(=O)O)ccc1F. The first kappa shape index (κ1) is 13.6. The number of carboxylic acid groups (broad SMARTS) is 1. The van der Waals surface area contributed by atoms with Crippen LogP contribution in [0.4, 0.5) is 4.39 Å². The third kappa shape index (κ3) is 3.14. The lowest BCUT2D eigenvalue weighted by Gasteiger charge is -2.06. The van der Waals surface area contributed by atoms with Gasteiger partial charge in [-0.3, -0.25) is 0 Å². The summed E-state index contributed by atoms with van der Waals surface area (Å²) < 4.78 is 15.6. The van der Waals surface area contributed by atoms with Crippen LogP contribution >= 0.6 is 11.8 Å². The van der Waals surface area contributed by atoms with E-state index < -0.39 is 11.8 Å². The van der Waals surface area contributed by atoms with Gasteiger partial charge in [-0.25, -0.2) is 14.2 Å². The molecule has 0 atom stereocenters. The minimum absolute atomic E-state index is 0.0859. The largest absolute Gasteiger partial charge is 0.478 e. The lowest BCUT2D eigenvalue weighted by molar-refractivity contribution is 0.0696. The Hall–Kier alpha value is -1.82. The van der Waals surface area contributed by atoms with Crippen LogP contribution < -0.4 is 0 Å². The molecule has 1 N–H and O–H groups in total. The summed E-state index contributed by atoms with van der Waals surface area (Å²) >= 11 is 1.24. The van der Waals surface area contributed by atoms with Crippen LogP contribution in [0.1, 0.15) is 23.1 Å². The molecule has 2 rings (SSSR count). The highest BCUT2D eigenvalue weighted by Crippen LogP contribution is 2.26. The van der Waals surface area contributed by atoms with E-state index in [1.165, 1.54) is 30.0 Å². The highest BCUT2D eigenvalue weighted by atomic mass is 32.2. The summed E-state index contributed by atoms with van der Waals surface area (Å²) in [4.78, 5) is 15.4. The van der Waals surface area contributed by atoms with Gasteiger partial charge >= 0.3 is 5.97 Å². The lowest BCUT2D eigenvalue weighted by atomic mass is 10.2. The Balaban J connectivity index is 2.15. The number of imidazole rings is 1. The Morgan fingerprint density at radius 1 is 1.53 bits per heavy atom. The predicted molar refractivity (Wildman–Crippen MR) is 70.8 cm³/mol. The maximum absolute atomic E-state index is 13.6. The van der Waals surface area contributed by atoms with Crippen molar-refractivity contribution >= 4 is 17.7 Å². The molecule has 1 aromatic heterocycles. The van der Waals surface area contributed by atoms with Crippen molar-refractivity contribution in [3.8, 4) is 0 Å². The number of aryl methyl sites for hydroxylation is 1. The lowest BCUT2D eigenvalue weighted by Crippen LogP contribution is -2.00. The smallest absolute Gasteiger partial charge is 0.335 e. The summed E-state index contributed by atoms with van der Waals surface area (Å²) in [7, 11) is 0. The van der Waals surface area contributed by atoms with E-state index in [4.69, 9.17) is 5.11 Å². The Morgan fingerprint density at radius 2 is 2.32 bits per heavy atom. The van der Waals surface area contributed by atoms with Crippen molar-refractivity contribution in [2.45, 2.75) is 24.1 Å². The molecule has 0 radical (unpaired) electrons. The molecule has 1 aromatic carbocycles. The summed E-state index contributed by atoms with van der Waals surface area (Å²) in [5.74, 6) is -0.130. The maximum atomic E-state index is 13.6. The molecular weight excluding hydrogens is 267 g/mol. The van der Waals surface area contributed by atoms with Crippen LogP contribution in [-0.4, -0.2) is 20.6 Å². The highest BCUT2D eigenvalue weighted by molar-refractivity contribution is 7.98. The summed E-state index contributed by atoms with van der Waals surface area (Å²) in [5, 5.41) is 8.89. The first-order chi connectivity index (χ1) is 9.11. The zero-order valence-corrected chi connectivity index (χ0v) is 11.2. The van der Waals surface area contributed by atoms with Crippen LogP contribution in [-0.2, 0) is 12.3 Å². The number of benzene rings is 1. The Labute approximate surface area is 114 Å². The van der Waals surface area contributed by atoms with E-state index in [0.29, 0.717) is 10.6 Å². The Kier molecular flexibility index (Phi) is 4.21. The normalized spacial score (nSPS) is 10.6. The zero-order valence-electron chi connectivity index (χ0n) is 10.3. The molecule has 0 aliphatic heterocycles. The first-order valence-electron chi connectivity index (χ1n) is 5.77. The monoisotopic (exact) mass is 280 g/mol. The van der Waals surface area contributed by atoms with Crippen LogP contribution in [0.2, 0.25) is 0 Å². The van der Waals surface area contributed by atoms with Gasteiger partial charge < -0.3 is 9.67 Å². The third-order valence-corrected chi connectivity index (χ3v) is 3.70. The van der Waals surface area contributed by atoms with Crippen molar-refractivity contribution in [1.82, 2.24) is 9.55 Å². The van der Waals surface area contributed by atoms with E-state index in [-0.39, 0.29) is 5.56 Å². The molecular formula is C13H13FN2O2S. The number of carbonyl (C=O) groups is 1. The van der Waals surface area contributed by atoms with Gasteiger partial charge in [0.25, 0.3) is 0 Å². The number of hydrogen-bond donors (Lipinski definition) is 1. The fourth-order valence-corrected chi connectivity index (χ4v) is 2.60. The van der Waals surface area contributed by atoms with Crippen molar-refractivity contribution in [1.29, 1.82) is 0 Å². The van der Waals surface area contributed by atoms with Gasteiger partial charge in [0.2, 0.25) is 0 Å². The molecule has 1 heterocycles. The molecule has 19 heavy (non-hydrogen) atoms. The average Bonchev–Trinajstić information content (AvgIpc) is 2.85. The van der Waals surface area contributed by atoms with Crippen molar-refractivity contribution in [3.05, 3.63) is 47.8 Å². The second-order valence-corrected chi connectivity index (χ2v) is 4.89. The molecule has 0 bridgehead atoms. The number of halogens is 1. The van der Waals surface area contributed by atoms with Gasteiger partial charge in [-0.05, 0) is 25.1 Å². The molecule has 0 spiro atoms. The molecule has 4 nitrogen and oxygen atoms in total. The molecule has 100 valence electrons. The maximum Gasteiger partial charge on any atom is 0.335 e. The van der Waals surface area contributed by atoms with E-state index in [1.54, 1.807) is 6.20 Å². The third-order valence-electron chi connectivity index (χ3n) is 2.68. The molecule has 0 saturated heterocycles. The number of rotatable bonds is 5. The van der Waals surface area contributed by atoms with Gasteiger partial charge in [0.15, 0.2) is 0 Å². The van der Waals surface area contributed by atoms with Gasteiger partial charge in [-0.15, -0.1) is 11.8 Å². The molecule has 0 aliphatic rings. The average molecular weight is 280 g/mol. The molecule has 2 aromatic rings. The topological polar surface area (TPSA) is 55.1 Å². The van der Waals surface area contributed by atoms with Gasteiger partial charge in [0, 0.05) is 23.8 Å². The van der Waals surface area contributed by atoms with E-state index in [9.17, 15) is 9.18 Å². The summed E-state index contributed by atoms with van der Waals surface area (Å²) in [6.07, 6.45) is 3.56. The van der Waals surface area contributed by atoms with Gasteiger partial charge in [-0.2, -0.15) is 0 Å². The predicted octanol–water partition coefficient (Wildman–Crippen LogP) is 3.03. The van der Waals surface area contributed by atoms with Crippen molar-refractivity contribution in [2.75, 3.05) is 0 Å². The van der Waals surface area contributed by atoms with Crippen LogP contribution in [0.15, 0.2) is 35.5 Å². The summed E-state index contributed by atoms with van der Waals surface area (Å²) in [6.45, 7) is 2.80. The number of thioether (sulfide) groups is 1. The number of aromatic carboxylic acids is 1. The highest BCUT2D eigenvalue weighted by Gasteiger charge is 2.10. The second-order valence-electron chi connectivity index (χ2n) is 3.87. The van der Waals surface area contributed by atoms with Crippen molar-refractivity contribution in [3.63, 3.8) is 0 Å². The van der Waals surface area contributed by atoms with Crippen LogP contribution in [0.25, 0.3) is 0 Å². The first-order valence-corrected chi connectivity index (χ1v) is 6.76. The minimum Gasteiger partial charge on any atom is -0.478 e. The fourth-order valence-electron chi connectivity index (χ4n) is 1.66. The van der Waals surface area contributed by atoms with E-state index in [0.717, 1.165) is 12.4 Å². The van der Waals surface area contributed by atoms with Gasteiger partial charge in [-0.1, -0.05) is 0 Å². The molecule has 0 aliphatic carbocycles. The van der Waals surface area contributed by atoms with Crippen molar-refractivity contribution in [2.24, 2.45) is 0 Å². The van der Waals surface area contributed by atoms with Gasteiger partial charge in [0.1, 0.15) is 11.6 Å². The van der Waals surface area contributed by atoms with Crippen LogP contribution in [0.5, 0.6) is 0 Å². The minimum atomic E-state index is -1.06. The number of nitrogens with zero attached hydrogens (tertiary/aromatic N) is 2. The number of hydrogen-bond acceptors (Lipinski definition) is 3. The summed E-state index contributed by atoms with van der Waals surface area (Å²) in [6, 6.07) is 3.79. The molecule has 6 heteroatoms.